The van der Waals surface area contributed by atoms with Crippen molar-refractivity contribution >= 4 is 12.6 Å². The van der Waals surface area contributed by atoms with E-state index < -0.39 is 0 Å². The number of halogens is 1. The largest absolute Gasteiger partial charge is 0.373 e. The molecular weight excluding hydrogens is 223 g/mol. The monoisotopic (exact) mass is 240 g/mol. The van der Waals surface area contributed by atoms with E-state index in [1.54, 1.807) is 12.1 Å². The molecule has 3 heteroatoms. The Hall–Kier alpha value is -0.540. The Labute approximate surface area is 101 Å². The number of rotatable bonds is 3. The average molecular weight is 240 g/mol. The standard InChI is InChI=1S/C13H17FOS/c14-13-8-12(16)7-6-10(13)9-15-11-4-2-1-3-5-11/h6-8,11,16H,1-5,9H2. The zero-order chi connectivity index (χ0) is 11.4. The number of hydrogen-bond donors (Lipinski definition) is 1. The third-order valence-corrected chi connectivity index (χ3v) is 3.34. The van der Waals surface area contributed by atoms with Crippen LogP contribution in [0, 0.1) is 5.82 Å². The van der Waals surface area contributed by atoms with Gasteiger partial charge in [-0.05, 0) is 25.0 Å². The third-order valence-electron chi connectivity index (χ3n) is 3.06. The average Bonchev–Trinajstić information content (AvgIpc) is 2.29. The lowest BCUT2D eigenvalue weighted by molar-refractivity contribution is 0.0156. The van der Waals surface area contributed by atoms with E-state index in [0.29, 0.717) is 23.2 Å². The van der Waals surface area contributed by atoms with Crippen molar-refractivity contribution in [1.29, 1.82) is 0 Å². The number of ether oxygens (including phenoxy) is 1. The summed E-state index contributed by atoms with van der Waals surface area (Å²) in [5, 5.41) is 0. The molecule has 0 heterocycles. The Balaban J connectivity index is 1.88. The summed E-state index contributed by atoms with van der Waals surface area (Å²) in [4.78, 5) is 0.652. The van der Waals surface area contributed by atoms with Gasteiger partial charge < -0.3 is 4.74 Å². The van der Waals surface area contributed by atoms with Gasteiger partial charge in [-0.2, -0.15) is 0 Å². The highest BCUT2D eigenvalue weighted by Gasteiger charge is 2.14. The fourth-order valence-corrected chi connectivity index (χ4v) is 2.28. The predicted octanol–water partition coefficient (Wildman–Crippen LogP) is 3.96. The second-order valence-corrected chi connectivity index (χ2v) is 4.86. The van der Waals surface area contributed by atoms with Crippen LogP contribution in [0.25, 0.3) is 0 Å². The molecule has 16 heavy (non-hydrogen) atoms. The van der Waals surface area contributed by atoms with Gasteiger partial charge in [0.25, 0.3) is 0 Å². The lowest BCUT2D eigenvalue weighted by Crippen LogP contribution is -2.16. The van der Waals surface area contributed by atoms with Crippen LogP contribution in [0.4, 0.5) is 4.39 Å². The SMILES string of the molecule is Fc1cc(S)ccc1COC1CCCCC1. The minimum atomic E-state index is -0.219. The van der Waals surface area contributed by atoms with Crippen LogP contribution in [0.5, 0.6) is 0 Å². The maximum Gasteiger partial charge on any atom is 0.129 e. The Morgan fingerprint density at radius 3 is 2.69 bits per heavy atom. The highest BCUT2D eigenvalue weighted by Crippen LogP contribution is 2.22. The van der Waals surface area contributed by atoms with Crippen LogP contribution >= 0.6 is 12.6 Å². The normalized spacial score (nSPS) is 17.6. The summed E-state index contributed by atoms with van der Waals surface area (Å²) in [5.74, 6) is -0.219. The highest BCUT2D eigenvalue weighted by molar-refractivity contribution is 7.80. The van der Waals surface area contributed by atoms with Gasteiger partial charge in [-0.3, -0.25) is 0 Å². The molecule has 0 aromatic heterocycles. The lowest BCUT2D eigenvalue weighted by atomic mass is 9.98. The molecule has 1 aliphatic rings. The number of benzene rings is 1. The van der Waals surface area contributed by atoms with Crippen molar-refractivity contribution in [3.05, 3.63) is 29.6 Å². The van der Waals surface area contributed by atoms with E-state index in [-0.39, 0.29) is 5.82 Å². The minimum absolute atomic E-state index is 0.219. The summed E-state index contributed by atoms with van der Waals surface area (Å²) < 4.78 is 19.2. The van der Waals surface area contributed by atoms with Gasteiger partial charge in [-0.25, -0.2) is 4.39 Å². The summed E-state index contributed by atoms with van der Waals surface area (Å²) in [5.41, 5.74) is 0.628. The Kier molecular flexibility index (Phi) is 4.24. The molecule has 0 radical (unpaired) electrons. The second-order valence-electron chi connectivity index (χ2n) is 4.35. The van der Waals surface area contributed by atoms with Crippen LogP contribution in [0.3, 0.4) is 0 Å². The van der Waals surface area contributed by atoms with E-state index in [9.17, 15) is 4.39 Å². The molecule has 1 nitrogen and oxygen atoms in total. The van der Waals surface area contributed by atoms with Crippen molar-refractivity contribution in [2.24, 2.45) is 0 Å². The molecule has 1 fully saturated rings. The molecule has 2 rings (SSSR count). The second kappa shape index (κ2) is 5.69. The Morgan fingerprint density at radius 2 is 2.00 bits per heavy atom. The zero-order valence-electron chi connectivity index (χ0n) is 9.29. The van der Waals surface area contributed by atoms with E-state index in [1.165, 1.54) is 25.3 Å². The first-order chi connectivity index (χ1) is 7.75. The van der Waals surface area contributed by atoms with Crippen molar-refractivity contribution in [1.82, 2.24) is 0 Å². The van der Waals surface area contributed by atoms with Crippen LogP contribution < -0.4 is 0 Å². The van der Waals surface area contributed by atoms with Crippen LogP contribution in [-0.4, -0.2) is 6.10 Å². The van der Waals surface area contributed by atoms with Crippen molar-refractivity contribution in [2.45, 2.75) is 49.7 Å². The summed E-state index contributed by atoms with van der Waals surface area (Å²) in [6.45, 7) is 0.380. The molecule has 0 bridgehead atoms. The van der Waals surface area contributed by atoms with Crippen molar-refractivity contribution in [3.8, 4) is 0 Å². The molecule has 0 saturated heterocycles. The molecule has 1 aromatic rings. The Morgan fingerprint density at radius 1 is 1.25 bits per heavy atom. The number of thiol groups is 1. The first kappa shape index (κ1) is 11.9. The van der Waals surface area contributed by atoms with E-state index in [4.69, 9.17) is 4.74 Å². The molecule has 0 spiro atoms. The van der Waals surface area contributed by atoms with Crippen LogP contribution in [0.1, 0.15) is 37.7 Å². The topological polar surface area (TPSA) is 9.23 Å². The molecule has 0 N–H and O–H groups in total. The Bertz CT molecular complexity index is 348. The quantitative estimate of drug-likeness (QED) is 0.787. The van der Waals surface area contributed by atoms with Gasteiger partial charge in [0, 0.05) is 10.5 Å². The lowest BCUT2D eigenvalue weighted by Gasteiger charge is -2.22. The molecule has 0 atom stereocenters. The van der Waals surface area contributed by atoms with Gasteiger partial charge in [-0.15, -0.1) is 12.6 Å². The van der Waals surface area contributed by atoms with E-state index in [2.05, 4.69) is 12.6 Å². The molecule has 0 unspecified atom stereocenters. The van der Waals surface area contributed by atoms with Crippen molar-refractivity contribution in [3.63, 3.8) is 0 Å². The number of hydrogen-bond acceptors (Lipinski definition) is 2. The highest BCUT2D eigenvalue weighted by atomic mass is 32.1. The van der Waals surface area contributed by atoms with Gasteiger partial charge in [0.2, 0.25) is 0 Å². The third kappa shape index (κ3) is 3.22. The summed E-state index contributed by atoms with van der Waals surface area (Å²) in [7, 11) is 0. The van der Waals surface area contributed by atoms with E-state index in [1.807, 2.05) is 0 Å². The van der Waals surface area contributed by atoms with E-state index >= 15 is 0 Å². The van der Waals surface area contributed by atoms with Gasteiger partial charge in [0.15, 0.2) is 0 Å². The van der Waals surface area contributed by atoms with Crippen LogP contribution in [-0.2, 0) is 11.3 Å². The molecular formula is C13H17FOS. The van der Waals surface area contributed by atoms with Gasteiger partial charge in [0.1, 0.15) is 5.82 Å². The fourth-order valence-electron chi connectivity index (χ4n) is 2.09. The maximum atomic E-state index is 13.5. The fraction of sp³-hybridized carbons (Fsp3) is 0.538. The van der Waals surface area contributed by atoms with Gasteiger partial charge in [-0.1, -0.05) is 25.3 Å². The van der Waals surface area contributed by atoms with Gasteiger partial charge >= 0.3 is 0 Å². The zero-order valence-corrected chi connectivity index (χ0v) is 10.2. The first-order valence-electron chi connectivity index (χ1n) is 5.85. The first-order valence-corrected chi connectivity index (χ1v) is 6.29. The molecule has 0 aliphatic heterocycles. The smallest absolute Gasteiger partial charge is 0.129 e. The van der Waals surface area contributed by atoms with Crippen LogP contribution in [0.15, 0.2) is 23.1 Å². The summed E-state index contributed by atoms with van der Waals surface area (Å²) >= 11 is 4.09. The predicted molar refractivity (Wildman–Crippen MR) is 65.3 cm³/mol. The molecule has 1 aromatic carbocycles. The van der Waals surface area contributed by atoms with Crippen LogP contribution in [0.2, 0.25) is 0 Å². The summed E-state index contributed by atoms with van der Waals surface area (Å²) in [6, 6.07) is 4.98. The van der Waals surface area contributed by atoms with E-state index in [0.717, 1.165) is 12.8 Å². The van der Waals surface area contributed by atoms with Crippen molar-refractivity contribution in [2.75, 3.05) is 0 Å². The van der Waals surface area contributed by atoms with Gasteiger partial charge in [0.05, 0.1) is 12.7 Å². The molecule has 1 aliphatic carbocycles. The minimum Gasteiger partial charge on any atom is -0.373 e. The molecule has 88 valence electrons. The molecule has 1 saturated carbocycles. The molecule has 0 amide bonds. The van der Waals surface area contributed by atoms with Crippen molar-refractivity contribution < 1.29 is 9.13 Å². The maximum absolute atomic E-state index is 13.5. The summed E-state index contributed by atoms with van der Waals surface area (Å²) in [6.07, 6.45) is 6.34.